The van der Waals surface area contributed by atoms with Crippen molar-refractivity contribution in [1.82, 2.24) is 15.5 Å². The second-order valence-electron chi connectivity index (χ2n) is 6.35. The zero-order valence-corrected chi connectivity index (χ0v) is 13.8. The molecule has 0 radical (unpaired) electrons. The summed E-state index contributed by atoms with van der Waals surface area (Å²) in [5.74, 6) is 1.65. The number of aliphatic imine (C=N–C) groups is 1. The molecule has 1 saturated heterocycles. The van der Waals surface area contributed by atoms with E-state index in [1.54, 1.807) is 14.2 Å². The molecule has 1 atom stereocenters. The number of guanidine groups is 1. The predicted octanol–water partition coefficient (Wildman–Crippen LogP) is 1.31. The van der Waals surface area contributed by atoms with E-state index in [0.717, 1.165) is 25.0 Å². The monoisotopic (exact) mass is 284 g/mol. The first-order valence-electron chi connectivity index (χ1n) is 7.68. The molecule has 0 bridgehead atoms. The minimum Gasteiger partial charge on any atom is -0.383 e. The van der Waals surface area contributed by atoms with Gasteiger partial charge in [-0.3, -0.25) is 9.89 Å². The summed E-state index contributed by atoms with van der Waals surface area (Å²) in [7, 11) is 3.51. The van der Waals surface area contributed by atoms with Crippen molar-refractivity contribution in [2.24, 2.45) is 10.9 Å². The van der Waals surface area contributed by atoms with Gasteiger partial charge >= 0.3 is 0 Å². The second-order valence-corrected chi connectivity index (χ2v) is 6.35. The molecule has 0 amide bonds. The lowest BCUT2D eigenvalue weighted by Gasteiger charge is -2.43. The van der Waals surface area contributed by atoms with Crippen molar-refractivity contribution in [2.75, 3.05) is 46.9 Å². The van der Waals surface area contributed by atoms with Gasteiger partial charge in [0.1, 0.15) is 0 Å². The molecule has 0 spiro atoms. The molecule has 1 rings (SSSR count). The van der Waals surface area contributed by atoms with Crippen LogP contribution < -0.4 is 10.6 Å². The van der Waals surface area contributed by atoms with Crippen molar-refractivity contribution >= 4 is 5.96 Å². The Kier molecular flexibility index (Phi) is 7.30. The smallest absolute Gasteiger partial charge is 0.191 e. The van der Waals surface area contributed by atoms with Gasteiger partial charge in [-0.05, 0) is 39.2 Å². The molecule has 1 fully saturated rings. The van der Waals surface area contributed by atoms with Gasteiger partial charge in [0.15, 0.2) is 5.96 Å². The molecule has 1 heterocycles. The average molecular weight is 284 g/mol. The maximum absolute atomic E-state index is 5.04. The molecule has 1 aliphatic heterocycles. The van der Waals surface area contributed by atoms with E-state index in [2.05, 4.69) is 41.3 Å². The number of ether oxygens (including phenoxy) is 1. The maximum atomic E-state index is 5.04. The quantitative estimate of drug-likeness (QED) is 0.439. The zero-order valence-electron chi connectivity index (χ0n) is 13.8. The summed E-state index contributed by atoms with van der Waals surface area (Å²) in [5, 5.41) is 6.67. The number of hydrogen-bond acceptors (Lipinski definition) is 3. The lowest BCUT2D eigenvalue weighted by Crippen LogP contribution is -2.56. The summed E-state index contributed by atoms with van der Waals surface area (Å²) in [6, 6.07) is 0. The molecule has 20 heavy (non-hydrogen) atoms. The zero-order chi connectivity index (χ0) is 15.0. The fourth-order valence-electron chi connectivity index (χ4n) is 2.64. The first-order chi connectivity index (χ1) is 9.49. The summed E-state index contributed by atoms with van der Waals surface area (Å²) in [6.07, 6.45) is 2.67. The molecule has 5 nitrogen and oxygen atoms in total. The molecule has 0 aromatic carbocycles. The van der Waals surface area contributed by atoms with Crippen LogP contribution in [-0.2, 0) is 4.74 Å². The molecular formula is C15H32N4O. The van der Waals surface area contributed by atoms with Crippen LogP contribution in [-0.4, -0.2) is 63.3 Å². The van der Waals surface area contributed by atoms with E-state index in [0.29, 0.717) is 6.61 Å². The van der Waals surface area contributed by atoms with Gasteiger partial charge in [-0.1, -0.05) is 6.92 Å². The van der Waals surface area contributed by atoms with Crippen LogP contribution >= 0.6 is 0 Å². The predicted molar refractivity (Wildman–Crippen MR) is 85.3 cm³/mol. The van der Waals surface area contributed by atoms with Crippen LogP contribution in [0.5, 0.6) is 0 Å². The topological polar surface area (TPSA) is 48.9 Å². The van der Waals surface area contributed by atoms with E-state index in [-0.39, 0.29) is 5.54 Å². The number of methoxy groups -OCH3 is 1. The molecule has 0 aromatic heterocycles. The summed E-state index contributed by atoms with van der Waals surface area (Å²) >= 11 is 0. The van der Waals surface area contributed by atoms with Crippen molar-refractivity contribution in [3.8, 4) is 0 Å². The fourth-order valence-corrected chi connectivity index (χ4v) is 2.64. The second kappa shape index (κ2) is 8.47. The van der Waals surface area contributed by atoms with Crippen molar-refractivity contribution in [3.05, 3.63) is 0 Å². The highest BCUT2D eigenvalue weighted by Crippen LogP contribution is 2.23. The Morgan fingerprint density at radius 2 is 2.15 bits per heavy atom. The standard InChI is InChI=1S/C15H32N4O/c1-13-7-6-9-19(11-13)15(2,3)12-18-14(16-4)17-8-10-20-5/h13H,6-12H2,1-5H3,(H2,16,17,18). The van der Waals surface area contributed by atoms with E-state index < -0.39 is 0 Å². The summed E-state index contributed by atoms with van der Waals surface area (Å²) in [5.41, 5.74) is 0.146. The van der Waals surface area contributed by atoms with E-state index in [1.807, 2.05) is 0 Å². The largest absolute Gasteiger partial charge is 0.383 e. The fraction of sp³-hybridized carbons (Fsp3) is 0.933. The number of nitrogens with one attached hydrogen (secondary N) is 2. The number of hydrogen-bond donors (Lipinski definition) is 2. The Labute approximate surface area is 124 Å². The van der Waals surface area contributed by atoms with Gasteiger partial charge in [0.05, 0.1) is 6.61 Å². The van der Waals surface area contributed by atoms with Gasteiger partial charge in [-0.25, -0.2) is 0 Å². The number of rotatable bonds is 6. The molecule has 5 heteroatoms. The van der Waals surface area contributed by atoms with Gasteiger partial charge in [-0.2, -0.15) is 0 Å². The minimum atomic E-state index is 0.146. The van der Waals surface area contributed by atoms with Gasteiger partial charge in [0, 0.05) is 39.3 Å². The van der Waals surface area contributed by atoms with Crippen LogP contribution in [0.3, 0.4) is 0 Å². The number of piperidine rings is 1. The first-order valence-corrected chi connectivity index (χ1v) is 7.68. The summed E-state index contributed by atoms with van der Waals surface area (Å²) in [6.45, 7) is 11.7. The molecule has 118 valence electrons. The third-order valence-electron chi connectivity index (χ3n) is 4.02. The van der Waals surface area contributed by atoms with Crippen LogP contribution in [0.4, 0.5) is 0 Å². The van der Waals surface area contributed by atoms with Crippen molar-refractivity contribution in [2.45, 2.75) is 39.2 Å². The van der Waals surface area contributed by atoms with Crippen LogP contribution in [0.2, 0.25) is 0 Å². The molecule has 1 unspecified atom stereocenters. The Morgan fingerprint density at radius 3 is 2.75 bits per heavy atom. The van der Waals surface area contributed by atoms with Crippen LogP contribution in [0.15, 0.2) is 4.99 Å². The van der Waals surface area contributed by atoms with Crippen LogP contribution in [0, 0.1) is 5.92 Å². The number of likely N-dealkylation sites (tertiary alicyclic amines) is 1. The first kappa shape index (κ1) is 17.2. The van der Waals surface area contributed by atoms with Crippen molar-refractivity contribution < 1.29 is 4.74 Å². The number of nitrogens with zero attached hydrogens (tertiary/aromatic N) is 2. The highest BCUT2D eigenvalue weighted by atomic mass is 16.5. The van der Waals surface area contributed by atoms with E-state index in [9.17, 15) is 0 Å². The van der Waals surface area contributed by atoms with Gasteiger partial charge in [0.25, 0.3) is 0 Å². The third kappa shape index (κ3) is 5.67. The lowest BCUT2D eigenvalue weighted by atomic mass is 9.93. The molecule has 0 aliphatic carbocycles. The highest BCUT2D eigenvalue weighted by Gasteiger charge is 2.30. The Balaban J connectivity index is 2.40. The van der Waals surface area contributed by atoms with Gasteiger partial charge in [0.2, 0.25) is 0 Å². The average Bonchev–Trinajstić information content (AvgIpc) is 2.42. The van der Waals surface area contributed by atoms with Crippen molar-refractivity contribution in [3.63, 3.8) is 0 Å². The van der Waals surface area contributed by atoms with E-state index in [4.69, 9.17) is 4.74 Å². The maximum Gasteiger partial charge on any atom is 0.191 e. The SMILES string of the molecule is CN=C(NCCOC)NCC(C)(C)N1CCCC(C)C1. The Hall–Kier alpha value is -0.810. The van der Waals surface area contributed by atoms with Gasteiger partial charge < -0.3 is 15.4 Å². The Morgan fingerprint density at radius 1 is 1.40 bits per heavy atom. The minimum absolute atomic E-state index is 0.146. The molecule has 1 aliphatic rings. The van der Waals surface area contributed by atoms with E-state index >= 15 is 0 Å². The van der Waals surface area contributed by atoms with Gasteiger partial charge in [-0.15, -0.1) is 0 Å². The normalized spacial score (nSPS) is 21.9. The van der Waals surface area contributed by atoms with Crippen LogP contribution in [0.25, 0.3) is 0 Å². The molecule has 0 aromatic rings. The van der Waals surface area contributed by atoms with Crippen LogP contribution in [0.1, 0.15) is 33.6 Å². The summed E-state index contributed by atoms with van der Waals surface area (Å²) in [4.78, 5) is 6.84. The van der Waals surface area contributed by atoms with E-state index in [1.165, 1.54) is 25.9 Å². The highest BCUT2D eigenvalue weighted by molar-refractivity contribution is 5.79. The molecular weight excluding hydrogens is 252 g/mol. The van der Waals surface area contributed by atoms with Crippen molar-refractivity contribution in [1.29, 1.82) is 0 Å². The third-order valence-corrected chi connectivity index (χ3v) is 4.02. The molecule has 2 N–H and O–H groups in total. The lowest BCUT2D eigenvalue weighted by molar-refractivity contribution is 0.0739. The molecule has 0 saturated carbocycles. The summed E-state index contributed by atoms with van der Waals surface area (Å²) < 4.78 is 5.04. The Bertz CT molecular complexity index is 304.